The number of H-pyrrole nitrogens is 3. The Bertz CT molecular complexity index is 6220. The third kappa shape index (κ3) is 28.2. The van der Waals surface area contributed by atoms with Crippen LogP contribution in [0.4, 0.5) is 17.5 Å². The Morgan fingerprint density at radius 1 is 0.359 bits per heavy atom. The van der Waals surface area contributed by atoms with Crippen molar-refractivity contribution in [1.82, 2.24) is 57.3 Å². The maximum Gasteiger partial charge on any atom is 0.472 e. The van der Waals surface area contributed by atoms with Crippen LogP contribution in [0.1, 0.15) is 90.5 Å². The molecule has 12 rings (SSSR count). The highest BCUT2D eigenvalue weighted by Crippen LogP contribution is 2.58. The number of aromatic amines is 3. The number of aromatic nitrogens is 12. The number of phosphoric ester groups is 2. The number of nitrogens with zero attached hydrogens (tertiary/aromatic N) is 9. The molecule has 0 radical (unpaired) electrons. The molecule has 11 unspecified atom stereocenters. The summed E-state index contributed by atoms with van der Waals surface area (Å²) < 4.78 is 191. The summed E-state index contributed by atoms with van der Waals surface area (Å²) in [5.74, 6) is -0.482. The van der Waals surface area contributed by atoms with Crippen molar-refractivity contribution >= 4 is 88.7 Å². The number of nitrogen functional groups attached to an aromatic ring is 3. The Labute approximate surface area is 820 Å². The van der Waals surface area contributed by atoms with E-state index >= 15 is 9.13 Å². The van der Waals surface area contributed by atoms with Crippen LogP contribution in [-0.4, -0.2) is 325 Å². The molecule has 0 spiro atoms. The Balaban J connectivity index is 0.844. The van der Waals surface area contributed by atoms with Crippen LogP contribution in [0.15, 0.2) is 80.3 Å². The molecule has 794 valence electrons. The van der Waals surface area contributed by atoms with E-state index < -0.39 is 274 Å². The molecular formula is C76H114N15O43P5S3. The second-order valence-corrected chi connectivity index (χ2v) is 44.1. The first-order valence-electron chi connectivity index (χ1n) is 43.6. The van der Waals surface area contributed by atoms with E-state index in [1.54, 1.807) is 13.8 Å². The van der Waals surface area contributed by atoms with Crippen molar-refractivity contribution in [3.8, 4) is 0 Å². The highest BCUT2D eigenvalue weighted by Gasteiger charge is 2.58. The second kappa shape index (κ2) is 49.6. The summed E-state index contributed by atoms with van der Waals surface area (Å²) in [5, 5.41) is 11.8. The lowest BCUT2D eigenvalue weighted by Gasteiger charge is -2.30. The highest BCUT2D eigenvalue weighted by molar-refractivity contribution is 8.07. The number of aliphatic hydroxyl groups excluding tert-OH is 1. The summed E-state index contributed by atoms with van der Waals surface area (Å²) in [6, 6.07) is 0. The van der Waals surface area contributed by atoms with E-state index in [1.807, 2.05) is 0 Å². The predicted octanol–water partition coefficient (Wildman–Crippen LogP) is -2.43. The van der Waals surface area contributed by atoms with Crippen molar-refractivity contribution < 1.29 is 160 Å². The van der Waals surface area contributed by atoms with Gasteiger partial charge >= 0.3 is 69.9 Å². The third-order valence-electron chi connectivity index (χ3n) is 23.0. The van der Waals surface area contributed by atoms with Crippen LogP contribution in [-0.2, 0) is 166 Å². The van der Waals surface area contributed by atoms with Gasteiger partial charge in [0.15, 0.2) is 31.1 Å². The first-order chi connectivity index (χ1) is 67.1. The Kier molecular flexibility index (Phi) is 39.8. The zero-order valence-electron chi connectivity index (χ0n) is 78.3. The molecule has 0 aliphatic carbocycles. The monoisotopic (exact) mass is 2180 g/mol. The van der Waals surface area contributed by atoms with Crippen molar-refractivity contribution in [3.63, 3.8) is 0 Å². The molecule has 6 aromatic heterocycles. The molecule has 15 N–H and O–H groups in total. The van der Waals surface area contributed by atoms with E-state index in [1.165, 1.54) is 95.0 Å². The number of methoxy groups -OCH3 is 5. The molecule has 28 atom stereocenters. The van der Waals surface area contributed by atoms with Gasteiger partial charge in [-0.2, -0.15) is 15.0 Å². The number of aryl methyl sites for hydroxylation is 6. The molecular weight excluding hydrogens is 2060 g/mol. The summed E-state index contributed by atoms with van der Waals surface area (Å²) in [4.78, 5) is 200. The minimum Gasteiger partial charge on any atom is -0.387 e. The summed E-state index contributed by atoms with van der Waals surface area (Å²) in [6.45, 7) is -11.9. The number of hydrogen-bond donors (Lipinski definition) is 12. The predicted molar refractivity (Wildman–Crippen MR) is 497 cm³/mol. The molecule has 6 fully saturated rings. The van der Waals surface area contributed by atoms with Crippen LogP contribution in [0.2, 0.25) is 0 Å². The average Bonchev–Trinajstić information content (AvgIpc) is 1.62. The topological polar surface area (TPSA) is 743 Å². The van der Waals surface area contributed by atoms with E-state index in [0.29, 0.717) is 5.56 Å². The minimum absolute atomic E-state index is 0.0285. The van der Waals surface area contributed by atoms with E-state index in [9.17, 15) is 72.7 Å². The molecule has 58 nitrogen and oxygen atoms in total. The van der Waals surface area contributed by atoms with Crippen molar-refractivity contribution in [2.45, 2.75) is 202 Å². The molecule has 0 aromatic carbocycles. The van der Waals surface area contributed by atoms with Crippen molar-refractivity contribution in [3.05, 3.63) is 165 Å². The molecule has 0 saturated carbocycles. The van der Waals surface area contributed by atoms with Crippen LogP contribution >= 0.6 is 35.8 Å². The average molecular weight is 2180 g/mol. The smallest absolute Gasteiger partial charge is 0.387 e. The fourth-order valence-corrected chi connectivity index (χ4v) is 22.1. The number of rotatable bonds is 52. The van der Waals surface area contributed by atoms with Gasteiger partial charge in [0.2, 0.25) is 0 Å². The zero-order chi connectivity index (χ0) is 104. The van der Waals surface area contributed by atoms with Gasteiger partial charge in [0, 0.05) is 113 Å². The Morgan fingerprint density at radius 3 is 0.958 bits per heavy atom. The Hall–Kier alpha value is -6.79. The molecule has 6 aliphatic heterocycles. The van der Waals surface area contributed by atoms with E-state index in [0.717, 1.165) is 39.8 Å². The lowest BCUT2D eigenvalue weighted by molar-refractivity contribution is -0.0854. The summed E-state index contributed by atoms with van der Waals surface area (Å²) in [6.07, 6.45) is -31.1. The molecule has 142 heavy (non-hydrogen) atoms. The van der Waals surface area contributed by atoms with Crippen LogP contribution < -0.4 is 68.0 Å². The largest absolute Gasteiger partial charge is 0.472 e. The first-order valence-corrected chi connectivity index (χ1v) is 54.3. The van der Waals surface area contributed by atoms with Crippen molar-refractivity contribution in [1.29, 1.82) is 0 Å². The molecule has 6 saturated heterocycles. The molecule has 12 heterocycles. The van der Waals surface area contributed by atoms with E-state index in [2.05, 4.69) is 29.9 Å². The van der Waals surface area contributed by atoms with E-state index in [-0.39, 0.29) is 111 Å². The second-order valence-electron chi connectivity index (χ2n) is 32.9. The maximum atomic E-state index is 15.3. The molecule has 6 aliphatic rings. The molecule has 66 heteroatoms. The fourth-order valence-electron chi connectivity index (χ4n) is 15.8. The van der Waals surface area contributed by atoms with Gasteiger partial charge in [-0.25, -0.2) is 37.9 Å². The van der Waals surface area contributed by atoms with Crippen LogP contribution in [0.25, 0.3) is 0 Å². The number of ether oxygens (including phenoxy) is 16. The SMILES string of the molecule is CC[C@H]1O[C@@H](n2cc(C)c(=O)[nH]c2=O)CC1OP(O)(=S)OC[C@H]1O[C@@H](n2cc(C)c(N)nc2=O)[C@@H](OCCOC)C1OP(=O)(O)OC[C@H]1O[C@@H](n2cc(C)c(=O)[nH]c2=O)[C@@H](OCCOC)C1OP(=O)(O)OC[C@H]1O[C@@H](n2cc(C)c(=O)[nH]c2=O)[C@@H](OCCOC)C1OP(O)(=S)OC[C@H]1O[C@@H](n2cc(C)c(N)nc2=O)[C@@H](OCCOC)C1OP(O)(=S)OC[C@H]1O[C@@H](n2cc(C)c(N)nc2=O)[C@@H](OCCOC)C1O. The minimum atomic E-state index is -5.99. The number of phosphoric acid groups is 2. The number of aliphatic hydroxyl groups is 1. The van der Waals surface area contributed by atoms with E-state index in [4.69, 9.17) is 174 Å². The normalized spacial score (nSPS) is 29.4. The van der Waals surface area contributed by atoms with Gasteiger partial charge in [0.25, 0.3) is 16.7 Å². The van der Waals surface area contributed by atoms with Gasteiger partial charge in [-0.3, -0.25) is 83.9 Å². The van der Waals surface area contributed by atoms with Gasteiger partial charge in [0.05, 0.1) is 111 Å². The maximum absolute atomic E-state index is 15.3. The van der Waals surface area contributed by atoms with Crippen LogP contribution in [0.3, 0.4) is 0 Å². The quantitative estimate of drug-likeness (QED) is 0.0140. The molecule has 0 amide bonds. The Morgan fingerprint density at radius 2 is 0.627 bits per heavy atom. The lowest BCUT2D eigenvalue weighted by atomic mass is 10.1. The lowest BCUT2D eigenvalue weighted by Crippen LogP contribution is -2.42. The van der Waals surface area contributed by atoms with Gasteiger partial charge in [0.1, 0.15) is 115 Å². The molecule has 6 aromatic rings. The van der Waals surface area contributed by atoms with Gasteiger partial charge in [-0.1, -0.05) is 6.92 Å². The number of nitrogens with two attached hydrogens (primary N) is 3. The number of hydrogen-bond acceptors (Lipinski definition) is 47. The summed E-state index contributed by atoms with van der Waals surface area (Å²) >= 11 is 16.9. The van der Waals surface area contributed by atoms with Gasteiger partial charge in [-0.15, -0.1) is 0 Å². The van der Waals surface area contributed by atoms with Crippen LogP contribution in [0.5, 0.6) is 0 Å². The third-order valence-corrected chi connectivity index (χ3v) is 29.6. The summed E-state index contributed by atoms with van der Waals surface area (Å²) in [5.41, 5.74) is 10.3. The summed E-state index contributed by atoms with van der Waals surface area (Å²) in [7, 11) is -5.25. The van der Waals surface area contributed by atoms with Crippen molar-refractivity contribution in [2.75, 3.05) is 152 Å². The highest BCUT2D eigenvalue weighted by atomic mass is 32.5. The number of nitrogens with one attached hydrogen (secondary N) is 3. The van der Waals surface area contributed by atoms with Gasteiger partial charge in [-0.05, 0) is 83.4 Å². The molecule has 0 bridgehead atoms. The first kappa shape index (κ1) is 114. The zero-order valence-corrected chi connectivity index (χ0v) is 85.2. The fraction of sp³-hybridized carbons (Fsp3) is 0.684. The standard InChI is InChI=1S/C76H114N15O43P5S3/c1-13-42-43(24-49(124-42)86-28-39(5)63(93)83-74(86)99)130-137(106,140)122-34-47-52(57(116-21-16-111-10)67(128-47)88-26-37(3)61(78)81-72(88)97)132-135(102,103)119-32-45-51(56(115-20-15-110-9)68(126-45)90-29-40(6)64(94)84-75(90)100)131-136(104,105)120-33-46-53(58(117-22-17-112-11)70(127-46)91-30-41(7)65(95)85-76(91)101)133-139(108,142)123-35-48-54(59(118-23-18-113-12)69(129-48)89-27-38(4)62(79)82-73(89)98)134-138(107,141)121-31-44-50(92)55(114-19-14-109-8)66(125-44)87-25-36(2)60(77)80-71(87)96/h25-30,42-59,66-70,92H,13-24,31-35H2,1-12H3,(H,102,103)(H,104,105)(H,106,140)(H,107,141)(H,108,142)(H2,77,80,96)(H2,78,81,97)(H2,79,82,98)(H,83,93,99)(H,84,94,100)(H,85,95,101)/t42-,43?,44-,45-,46-,47-,48-,49-,50?,51?,52?,53?,54?,55+,56+,57+,58+,59+,66-,67-,68-,69-,70-,137?,138?,139?/m1/s1. The van der Waals surface area contributed by atoms with Crippen LogP contribution in [0, 0.1) is 41.5 Å². The van der Waals surface area contributed by atoms with Gasteiger partial charge < -0.3 is 141 Å². The number of anilines is 3. The van der Waals surface area contributed by atoms with Crippen molar-refractivity contribution in [2.24, 2.45) is 0 Å².